The molecule has 0 amide bonds. The van der Waals surface area contributed by atoms with Gasteiger partial charge in [0.15, 0.2) is 0 Å². The number of rotatable bonds is 8. The van der Waals surface area contributed by atoms with Crippen LogP contribution >= 0.6 is 0 Å². The second-order valence-electron chi connectivity index (χ2n) is 20.6. The monoisotopic (exact) mass is 945 g/mol. The summed E-state index contributed by atoms with van der Waals surface area (Å²) in [6.45, 7) is 0. The van der Waals surface area contributed by atoms with E-state index in [1.54, 1.807) is 0 Å². The molecule has 5 fully saturated rings. The average Bonchev–Trinajstić information content (AvgIpc) is 4.20. The van der Waals surface area contributed by atoms with Crippen LogP contribution in [0.4, 0.5) is 0 Å². The van der Waals surface area contributed by atoms with Gasteiger partial charge in [0.2, 0.25) is 0 Å². The molecule has 8 aromatic carbocycles. The highest BCUT2D eigenvalue weighted by Crippen LogP contribution is 2.50. The molecule has 8 aromatic rings. The van der Waals surface area contributed by atoms with Crippen molar-refractivity contribution in [2.24, 2.45) is 0 Å². The molecule has 8 heteroatoms. The molecule has 8 N–H and O–H groups in total. The van der Waals surface area contributed by atoms with Gasteiger partial charge < -0.3 is 0 Å². The summed E-state index contributed by atoms with van der Waals surface area (Å²) in [6.07, 6.45) is -0.957. The zero-order valence-electron chi connectivity index (χ0n) is 40.3. The van der Waals surface area contributed by atoms with E-state index in [1.165, 1.54) is 44.5 Å². The van der Waals surface area contributed by atoms with Crippen molar-refractivity contribution in [1.29, 1.82) is 0 Å². The molecule has 8 bridgehead atoms. The number of fused-ring (bicyclic) bond motifs is 8. The van der Waals surface area contributed by atoms with E-state index in [4.69, 9.17) is 0 Å². The molecule has 0 aliphatic carbocycles. The van der Waals surface area contributed by atoms with Crippen LogP contribution in [0.2, 0.25) is 0 Å². The van der Waals surface area contributed by atoms with Gasteiger partial charge in [-0.15, -0.1) is 0 Å². The summed E-state index contributed by atoms with van der Waals surface area (Å²) in [5, 5.41) is 34.9. The van der Waals surface area contributed by atoms with E-state index in [1.807, 2.05) is 0 Å². The van der Waals surface area contributed by atoms with E-state index in [0.717, 1.165) is 0 Å². The molecule has 0 saturated carbocycles. The SMILES string of the molecule is c1ccc(C2C3NC(NC4NC(NC5NC(NC6NC(N3)C(c3ccccc3)C6c3ccccc3)C(c3ccccc3)C5c3ccccc3)C(c3ccccc3)C4c3ccccc3)C2c2ccccc2)cc1. The Morgan fingerprint density at radius 3 is 0.333 bits per heavy atom. The largest absolute Gasteiger partial charge is 0.285 e. The fourth-order valence-electron chi connectivity index (χ4n) is 13.9. The maximum absolute atomic E-state index is 4.40. The lowest BCUT2D eigenvalue weighted by molar-refractivity contribution is 0.281. The topological polar surface area (TPSA) is 96.2 Å². The smallest absolute Gasteiger partial charge is 0.0673 e. The first-order valence-electron chi connectivity index (χ1n) is 26.2. The summed E-state index contributed by atoms with van der Waals surface area (Å²) in [4.78, 5) is 0. The van der Waals surface area contributed by atoms with Crippen molar-refractivity contribution >= 4 is 0 Å². The minimum Gasteiger partial charge on any atom is -0.285 e. The van der Waals surface area contributed by atoms with Crippen molar-refractivity contribution in [3.8, 4) is 0 Å². The van der Waals surface area contributed by atoms with Gasteiger partial charge in [-0.2, -0.15) is 0 Å². The van der Waals surface area contributed by atoms with Crippen LogP contribution in [-0.2, 0) is 0 Å². The maximum Gasteiger partial charge on any atom is 0.0673 e. The predicted molar refractivity (Wildman–Crippen MR) is 289 cm³/mol. The van der Waals surface area contributed by atoms with Crippen molar-refractivity contribution in [2.45, 2.75) is 96.7 Å². The Bertz CT molecular complexity index is 2360. The molecule has 0 aromatic heterocycles. The summed E-state index contributed by atoms with van der Waals surface area (Å²) in [5.41, 5.74) is 10.5. The van der Waals surface area contributed by atoms with E-state index in [9.17, 15) is 0 Å². The second kappa shape index (κ2) is 20.2. The lowest BCUT2D eigenvalue weighted by Gasteiger charge is -2.32. The second-order valence-corrected chi connectivity index (χ2v) is 20.6. The number of benzene rings is 8. The first-order valence-corrected chi connectivity index (χ1v) is 26.2. The van der Waals surface area contributed by atoms with Crippen molar-refractivity contribution in [3.05, 3.63) is 287 Å². The summed E-state index contributed by atoms with van der Waals surface area (Å²) < 4.78 is 0. The summed E-state index contributed by atoms with van der Waals surface area (Å²) in [5.74, 6) is 0.588. The Labute approximate surface area is 424 Å². The normalized spacial score (nSPS) is 33.1. The number of hydrogen-bond donors (Lipinski definition) is 8. The third-order valence-electron chi connectivity index (χ3n) is 16.8. The van der Waals surface area contributed by atoms with E-state index in [-0.39, 0.29) is 96.7 Å². The molecule has 72 heavy (non-hydrogen) atoms. The van der Waals surface area contributed by atoms with Crippen molar-refractivity contribution in [1.82, 2.24) is 42.5 Å². The summed E-state index contributed by atoms with van der Waals surface area (Å²) >= 11 is 0. The Morgan fingerprint density at radius 2 is 0.236 bits per heavy atom. The first-order chi connectivity index (χ1) is 35.7. The first kappa shape index (κ1) is 45.3. The van der Waals surface area contributed by atoms with Gasteiger partial charge in [0.05, 0.1) is 49.3 Å². The standard InChI is InChI=1S/C64H64N8/c1-9-25-41(26-10-1)49-50(42-27-11-2-12-28-42)58-65-57(49)69-59-51(43-29-13-3-14-30-43)52(44-31-15-4-16-32-44)61(66-59)71-63-55(47-37-21-7-22-38-47)56(48-39-23-8-24-40-48)64(68-63)72-62-54(46-35-19-6-20-36-46)53(60(67-62)70-58)45-33-17-5-18-34-45/h1-40,49-72H. The molecular formula is C64H64N8. The van der Waals surface area contributed by atoms with Crippen LogP contribution in [-0.4, -0.2) is 49.3 Å². The molecule has 5 saturated heterocycles. The van der Waals surface area contributed by atoms with Gasteiger partial charge in [-0.05, 0) is 44.5 Å². The Balaban J connectivity index is 1.02. The molecule has 360 valence electrons. The quantitative estimate of drug-likeness (QED) is 0.0764. The van der Waals surface area contributed by atoms with Crippen LogP contribution in [0.3, 0.4) is 0 Å². The van der Waals surface area contributed by atoms with Gasteiger partial charge in [-0.3, -0.25) is 42.5 Å². The van der Waals surface area contributed by atoms with E-state index in [2.05, 4.69) is 285 Å². The minimum absolute atomic E-state index is 0.0735. The Morgan fingerprint density at radius 1 is 0.139 bits per heavy atom. The lowest BCUT2D eigenvalue weighted by atomic mass is 9.78. The lowest BCUT2D eigenvalue weighted by Crippen LogP contribution is -2.61. The van der Waals surface area contributed by atoms with Crippen LogP contribution in [0.15, 0.2) is 243 Å². The van der Waals surface area contributed by atoms with Crippen LogP contribution in [0.1, 0.15) is 91.9 Å². The average molecular weight is 945 g/mol. The Kier molecular flexibility index (Phi) is 12.7. The van der Waals surface area contributed by atoms with E-state index < -0.39 is 0 Å². The summed E-state index contributed by atoms with van der Waals surface area (Å²) in [7, 11) is 0. The third kappa shape index (κ3) is 8.62. The van der Waals surface area contributed by atoms with Crippen LogP contribution in [0, 0.1) is 0 Å². The highest BCUT2D eigenvalue weighted by atomic mass is 15.4. The van der Waals surface area contributed by atoms with E-state index in [0.29, 0.717) is 0 Å². The Hall–Kier alpha value is -6.56. The molecule has 5 heterocycles. The molecule has 0 spiro atoms. The maximum atomic E-state index is 4.40. The minimum atomic E-state index is -0.120. The molecule has 13 rings (SSSR count). The zero-order chi connectivity index (χ0) is 47.8. The number of hydrogen-bond acceptors (Lipinski definition) is 8. The fraction of sp³-hybridized carbons (Fsp3) is 0.250. The third-order valence-corrected chi connectivity index (χ3v) is 16.8. The molecule has 8 atom stereocenters. The van der Waals surface area contributed by atoms with E-state index >= 15 is 0 Å². The molecule has 0 radical (unpaired) electrons. The zero-order valence-corrected chi connectivity index (χ0v) is 40.3. The number of nitrogens with one attached hydrogen (secondary N) is 8. The fourth-order valence-corrected chi connectivity index (χ4v) is 13.9. The van der Waals surface area contributed by atoms with Gasteiger partial charge in [-0.25, -0.2) is 0 Å². The van der Waals surface area contributed by atoms with Crippen molar-refractivity contribution < 1.29 is 0 Å². The highest BCUT2D eigenvalue weighted by molar-refractivity contribution is 5.41. The van der Waals surface area contributed by atoms with Gasteiger partial charge in [0, 0.05) is 47.3 Å². The van der Waals surface area contributed by atoms with Crippen LogP contribution in [0.5, 0.6) is 0 Å². The van der Waals surface area contributed by atoms with Crippen molar-refractivity contribution in [3.63, 3.8) is 0 Å². The van der Waals surface area contributed by atoms with Gasteiger partial charge in [0.1, 0.15) is 0 Å². The molecule has 5 aliphatic rings. The summed E-state index contributed by atoms with van der Waals surface area (Å²) in [6, 6.07) is 89.7. The van der Waals surface area contributed by atoms with Gasteiger partial charge >= 0.3 is 0 Å². The molecule has 8 unspecified atom stereocenters. The van der Waals surface area contributed by atoms with Gasteiger partial charge in [0.25, 0.3) is 0 Å². The van der Waals surface area contributed by atoms with Gasteiger partial charge in [-0.1, -0.05) is 243 Å². The van der Waals surface area contributed by atoms with Crippen LogP contribution in [0.25, 0.3) is 0 Å². The molecule has 8 nitrogen and oxygen atoms in total. The van der Waals surface area contributed by atoms with Crippen LogP contribution < -0.4 is 42.5 Å². The predicted octanol–water partition coefficient (Wildman–Crippen LogP) is 9.65. The van der Waals surface area contributed by atoms with Crippen molar-refractivity contribution in [2.75, 3.05) is 0 Å². The molecule has 5 aliphatic heterocycles. The highest BCUT2D eigenvalue weighted by Gasteiger charge is 2.55. The molecular weight excluding hydrogens is 881 g/mol.